The maximum Gasteiger partial charge on any atom is 0.246 e. The predicted octanol–water partition coefficient (Wildman–Crippen LogP) is 2.89. The molecule has 2 saturated heterocycles. The summed E-state index contributed by atoms with van der Waals surface area (Å²) in [5.74, 6) is -1.08. The van der Waals surface area contributed by atoms with Crippen LogP contribution in [0.5, 0.6) is 0 Å². The van der Waals surface area contributed by atoms with E-state index in [2.05, 4.69) is 20.3 Å². The lowest BCUT2D eigenvalue weighted by Crippen LogP contribution is -2.49. The van der Waals surface area contributed by atoms with Gasteiger partial charge in [0, 0.05) is 24.8 Å². The number of rotatable bonds is 5. The Morgan fingerprint density at radius 3 is 2.61 bits per heavy atom. The molecule has 2 aliphatic heterocycles. The van der Waals surface area contributed by atoms with E-state index < -0.39 is 17.2 Å². The molecule has 0 spiro atoms. The van der Waals surface area contributed by atoms with E-state index in [1.165, 1.54) is 23.1 Å². The molecule has 3 aromatic rings. The fourth-order valence-corrected chi connectivity index (χ4v) is 4.17. The zero-order valence-corrected chi connectivity index (χ0v) is 17.1. The lowest BCUT2D eigenvalue weighted by Gasteiger charge is -2.35. The van der Waals surface area contributed by atoms with Gasteiger partial charge in [0.05, 0.1) is 24.9 Å². The molecule has 3 heterocycles. The fourth-order valence-electron chi connectivity index (χ4n) is 4.17. The number of aromatic nitrogens is 3. The van der Waals surface area contributed by atoms with Crippen LogP contribution in [0, 0.1) is 18.6 Å². The average molecular weight is 427 g/mol. The van der Waals surface area contributed by atoms with Crippen molar-refractivity contribution < 1.29 is 18.6 Å². The van der Waals surface area contributed by atoms with Crippen LogP contribution in [0.15, 0.2) is 42.7 Å². The first-order chi connectivity index (χ1) is 14.9. The third-order valence-electron chi connectivity index (χ3n) is 5.89. The molecule has 31 heavy (non-hydrogen) atoms. The van der Waals surface area contributed by atoms with E-state index in [1.807, 2.05) is 25.1 Å². The number of hydrogen-bond acceptors (Lipinski definition) is 6. The van der Waals surface area contributed by atoms with Crippen molar-refractivity contribution in [3.63, 3.8) is 0 Å². The number of halogens is 2. The summed E-state index contributed by atoms with van der Waals surface area (Å²) in [6.45, 7) is 4.81. The molecule has 0 radical (unpaired) electrons. The van der Waals surface area contributed by atoms with Gasteiger partial charge in [0.15, 0.2) is 0 Å². The second-order valence-corrected chi connectivity index (χ2v) is 8.30. The number of aryl methyl sites for hydroxylation is 1. The lowest BCUT2D eigenvalue weighted by molar-refractivity contribution is -0.0665. The summed E-state index contributed by atoms with van der Waals surface area (Å²) in [5.41, 5.74) is 1.87. The number of nitrogens with zero attached hydrogens (tertiary/aromatic N) is 4. The minimum Gasteiger partial charge on any atom is -0.384 e. The molecule has 2 aromatic carbocycles. The largest absolute Gasteiger partial charge is 0.384 e. The van der Waals surface area contributed by atoms with Crippen molar-refractivity contribution in [3.05, 3.63) is 65.5 Å². The Morgan fingerprint density at radius 2 is 1.90 bits per heavy atom. The molecule has 162 valence electrons. The van der Waals surface area contributed by atoms with E-state index >= 15 is 0 Å². The molecule has 9 heteroatoms. The highest BCUT2D eigenvalue weighted by Crippen LogP contribution is 2.36. The van der Waals surface area contributed by atoms with Crippen LogP contribution in [0.25, 0.3) is 5.69 Å². The molecule has 5 rings (SSSR count). The van der Waals surface area contributed by atoms with Gasteiger partial charge in [-0.15, -0.1) is 5.10 Å². The zero-order chi connectivity index (χ0) is 21.6. The molecule has 1 unspecified atom stereocenters. The van der Waals surface area contributed by atoms with Crippen molar-refractivity contribution in [2.45, 2.75) is 25.0 Å². The molecule has 1 atom stereocenters. The van der Waals surface area contributed by atoms with Gasteiger partial charge in [-0.2, -0.15) is 4.98 Å². The number of benzene rings is 2. The predicted molar refractivity (Wildman–Crippen MR) is 110 cm³/mol. The maximum atomic E-state index is 13.5. The summed E-state index contributed by atoms with van der Waals surface area (Å²) in [7, 11) is 0. The van der Waals surface area contributed by atoms with Gasteiger partial charge in [0.2, 0.25) is 5.95 Å². The van der Waals surface area contributed by atoms with Crippen molar-refractivity contribution in [2.75, 3.05) is 31.6 Å². The van der Waals surface area contributed by atoms with Gasteiger partial charge >= 0.3 is 0 Å². The maximum absolute atomic E-state index is 13.5. The summed E-state index contributed by atoms with van der Waals surface area (Å²) in [5, 5.41) is 18.7. The van der Waals surface area contributed by atoms with E-state index in [0.29, 0.717) is 19.0 Å². The molecule has 0 bridgehead atoms. The van der Waals surface area contributed by atoms with E-state index in [9.17, 15) is 13.9 Å². The molecule has 2 fully saturated rings. The Kier molecular flexibility index (Phi) is 4.96. The lowest BCUT2D eigenvalue weighted by atomic mass is 9.91. The number of anilines is 2. The Balaban J connectivity index is 1.36. The second kappa shape index (κ2) is 7.67. The number of aliphatic hydroxyl groups is 1. The Bertz CT molecular complexity index is 1100. The molecular weight excluding hydrogens is 404 g/mol. The van der Waals surface area contributed by atoms with Crippen LogP contribution in [0.1, 0.15) is 17.5 Å². The third-order valence-corrected chi connectivity index (χ3v) is 5.89. The molecule has 0 aliphatic carbocycles. The molecule has 7 nitrogen and oxygen atoms in total. The minimum absolute atomic E-state index is 0.239. The number of β-amino-alcohol motifs (C(OH)–C–C–N with tert-alkyl or cyclic N) is 1. The van der Waals surface area contributed by atoms with E-state index in [4.69, 9.17) is 4.74 Å². The summed E-state index contributed by atoms with van der Waals surface area (Å²) in [6.07, 6.45) is 2.04. The summed E-state index contributed by atoms with van der Waals surface area (Å²) < 4.78 is 33.6. The van der Waals surface area contributed by atoms with Crippen molar-refractivity contribution in [1.82, 2.24) is 19.7 Å². The standard InChI is InChI=1S/C22H23F2N5O2/c1-14-4-15(22(30)2-3-28(12-22)20-10-31-11-20)6-18(5-14)26-21-25-13-29(27-21)19-8-16(23)7-17(24)9-19/h4-9,13,20,30H,2-3,10-12H2,1H3,(H,26,27). The number of likely N-dealkylation sites (tertiary alicyclic amines) is 1. The van der Waals surface area contributed by atoms with Crippen molar-refractivity contribution in [3.8, 4) is 5.69 Å². The Labute approximate surface area is 178 Å². The van der Waals surface area contributed by atoms with Crippen molar-refractivity contribution in [2.24, 2.45) is 0 Å². The third kappa shape index (κ3) is 4.04. The minimum atomic E-state index is -0.927. The number of ether oxygens (including phenoxy) is 1. The highest BCUT2D eigenvalue weighted by Gasteiger charge is 2.42. The van der Waals surface area contributed by atoms with Crippen LogP contribution < -0.4 is 5.32 Å². The number of hydrogen-bond donors (Lipinski definition) is 2. The van der Waals surface area contributed by atoms with E-state index in [0.717, 1.165) is 42.6 Å². The van der Waals surface area contributed by atoms with Gasteiger partial charge in [-0.1, -0.05) is 6.07 Å². The van der Waals surface area contributed by atoms with Gasteiger partial charge in [-0.05, 0) is 48.7 Å². The molecule has 2 aliphatic rings. The Hall–Kier alpha value is -2.88. The van der Waals surface area contributed by atoms with Crippen molar-refractivity contribution in [1.29, 1.82) is 0 Å². The first kappa shape index (κ1) is 20.0. The highest BCUT2D eigenvalue weighted by atomic mass is 19.1. The number of nitrogens with one attached hydrogen (secondary N) is 1. The van der Waals surface area contributed by atoms with Crippen LogP contribution in [-0.4, -0.2) is 57.1 Å². The van der Waals surface area contributed by atoms with Crippen LogP contribution in [0.3, 0.4) is 0 Å². The second-order valence-electron chi connectivity index (χ2n) is 8.30. The fraction of sp³-hybridized carbons (Fsp3) is 0.364. The van der Waals surface area contributed by atoms with Gasteiger partial charge in [-0.25, -0.2) is 13.5 Å². The normalized spacial score (nSPS) is 21.9. The van der Waals surface area contributed by atoms with E-state index in [-0.39, 0.29) is 11.6 Å². The summed E-state index contributed by atoms with van der Waals surface area (Å²) in [6, 6.07) is 9.38. The van der Waals surface area contributed by atoms with Gasteiger partial charge in [0.25, 0.3) is 0 Å². The zero-order valence-electron chi connectivity index (χ0n) is 17.1. The molecule has 0 amide bonds. The van der Waals surface area contributed by atoms with Gasteiger partial charge in [0.1, 0.15) is 23.6 Å². The average Bonchev–Trinajstić information content (AvgIpc) is 3.27. The smallest absolute Gasteiger partial charge is 0.246 e. The summed E-state index contributed by atoms with van der Waals surface area (Å²) in [4.78, 5) is 6.46. The SMILES string of the molecule is Cc1cc(Nc2ncn(-c3cc(F)cc(F)c3)n2)cc(C2(O)CCN(C3COC3)C2)c1. The molecule has 2 N–H and O–H groups in total. The Morgan fingerprint density at radius 1 is 1.13 bits per heavy atom. The molecule has 0 saturated carbocycles. The molecular formula is C22H23F2N5O2. The van der Waals surface area contributed by atoms with Crippen LogP contribution >= 0.6 is 0 Å². The first-order valence-electron chi connectivity index (χ1n) is 10.2. The first-order valence-corrected chi connectivity index (χ1v) is 10.2. The summed E-state index contributed by atoms with van der Waals surface area (Å²) >= 11 is 0. The van der Waals surface area contributed by atoms with Crippen LogP contribution in [0.2, 0.25) is 0 Å². The van der Waals surface area contributed by atoms with Gasteiger partial charge < -0.3 is 15.2 Å². The van der Waals surface area contributed by atoms with Crippen molar-refractivity contribution >= 4 is 11.6 Å². The van der Waals surface area contributed by atoms with Gasteiger partial charge in [-0.3, -0.25) is 4.90 Å². The monoisotopic (exact) mass is 427 g/mol. The van der Waals surface area contributed by atoms with Crippen LogP contribution in [-0.2, 0) is 10.3 Å². The topological polar surface area (TPSA) is 75.4 Å². The van der Waals surface area contributed by atoms with Crippen LogP contribution in [0.4, 0.5) is 20.4 Å². The quantitative estimate of drug-likeness (QED) is 0.652. The molecule has 1 aromatic heterocycles. The highest BCUT2D eigenvalue weighted by molar-refractivity contribution is 5.57. The van der Waals surface area contributed by atoms with E-state index in [1.54, 1.807) is 0 Å².